The largest absolute Gasteiger partial charge is 0.478 e. The van der Waals surface area contributed by atoms with Crippen molar-refractivity contribution in [2.45, 2.75) is 6.42 Å². The molecule has 0 saturated carbocycles. The zero-order chi connectivity index (χ0) is 14.0. The van der Waals surface area contributed by atoms with Crippen molar-refractivity contribution in [3.8, 4) is 0 Å². The van der Waals surface area contributed by atoms with Crippen LogP contribution in [0.2, 0.25) is 0 Å². The summed E-state index contributed by atoms with van der Waals surface area (Å²) in [6.45, 7) is 1.02. The van der Waals surface area contributed by atoms with Crippen molar-refractivity contribution in [1.29, 1.82) is 0 Å². The van der Waals surface area contributed by atoms with Crippen LogP contribution in [0, 0.1) is 5.92 Å². The normalized spacial score (nSPS) is 18.3. The maximum atomic E-state index is 12.2. The van der Waals surface area contributed by atoms with Crippen molar-refractivity contribution in [1.82, 2.24) is 0 Å². The topological polar surface area (TPSA) is 92.9 Å². The molecule has 0 aliphatic carbocycles. The second-order valence-corrected chi connectivity index (χ2v) is 4.54. The smallest absolute Gasteiger partial charge is 0.335 e. The number of anilines is 2. The summed E-state index contributed by atoms with van der Waals surface area (Å²) in [6.07, 6.45) is 0.705. The van der Waals surface area contributed by atoms with Crippen molar-refractivity contribution < 1.29 is 19.4 Å². The number of hydrogen-bond donors (Lipinski definition) is 2. The second kappa shape index (κ2) is 5.27. The molecule has 2 rings (SSSR count). The average Bonchev–Trinajstić information content (AvgIpc) is 2.90. The van der Waals surface area contributed by atoms with Crippen LogP contribution in [-0.4, -0.2) is 37.2 Å². The molecule has 1 heterocycles. The first-order valence-corrected chi connectivity index (χ1v) is 5.99. The van der Waals surface area contributed by atoms with E-state index in [9.17, 15) is 9.59 Å². The third-order valence-electron chi connectivity index (χ3n) is 3.25. The van der Waals surface area contributed by atoms with Crippen molar-refractivity contribution in [2.75, 3.05) is 30.9 Å². The number of ether oxygens (including phenoxy) is 1. The van der Waals surface area contributed by atoms with Gasteiger partial charge in [-0.3, -0.25) is 4.79 Å². The van der Waals surface area contributed by atoms with E-state index in [4.69, 9.17) is 15.6 Å². The van der Waals surface area contributed by atoms with Crippen LogP contribution in [0.3, 0.4) is 0 Å². The van der Waals surface area contributed by atoms with E-state index in [0.717, 1.165) is 0 Å². The molecule has 3 N–H and O–H groups in total. The number of carboxylic acid groups (broad SMARTS) is 1. The van der Waals surface area contributed by atoms with Crippen LogP contribution < -0.4 is 10.6 Å². The number of hydrogen-bond acceptors (Lipinski definition) is 4. The van der Waals surface area contributed by atoms with E-state index < -0.39 is 5.97 Å². The summed E-state index contributed by atoms with van der Waals surface area (Å²) in [7, 11) is 1.63. The molecule has 0 radical (unpaired) electrons. The van der Waals surface area contributed by atoms with Gasteiger partial charge in [0, 0.05) is 13.7 Å². The Balaban J connectivity index is 2.21. The number of rotatable bonds is 3. The number of carbonyl (C=O) groups excluding carboxylic acids is 1. The monoisotopic (exact) mass is 264 g/mol. The number of nitrogen functional groups attached to an aromatic ring is 1. The fraction of sp³-hybridized carbons (Fsp3) is 0.385. The predicted octanol–water partition coefficient (Wildman–Crippen LogP) is 0.966. The molecule has 19 heavy (non-hydrogen) atoms. The first-order valence-electron chi connectivity index (χ1n) is 5.99. The van der Waals surface area contributed by atoms with Crippen LogP contribution in [0.5, 0.6) is 0 Å². The Bertz CT molecular complexity index is 509. The van der Waals surface area contributed by atoms with Gasteiger partial charge in [0.1, 0.15) is 0 Å². The standard InChI is InChI=1S/C13H16N2O4/c1-15(12(16)9-4-5-19-7-9)11-3-2-8(13(17)18)6-10(11)14/h2-3,6,9H,4-5,7,14H2,1H3,(H,17,18). The Labute approximate surface area is 110 Å². The highest BCUT2D eigenvalue weighted by Crippen LogP contribution is 2.26. The lowest BCUT2D eigenvalue weighted by molar-refractivity contribution is -0.122. The van der Waals surface area contributed by atoms with Gasteiger partial charge in [0.2, 0.25) is 5.91 Å². The first-order chi connectivity index (χ1) is 9.00. The van der Waals surface area contributed by atoms with Crippen molar-refractivity contribution >= 4 is 23.3 Å². The minimum atomic E-state index is -1.04. The summed E-state index contributed by atoms with van der Waals surface area (Å²) in [5, 5.41) is 8.87. The number of aromatic carboxylic acids is 1. The van der Waals surface area contributed by atoms with Gasteiger partial charge in [0.05, 0.1) is 29.5 Å². The van der Waals surface area contributed by atoms with Gasteiger partial charge in [-0.1, -0.05) is 0 Å². The highest BCUT2D eigenvalue weighted by atomic mass is 16.5. The van der Waals surface area contributed by atoms with E-state index in [0.29, 0.717) is 25.3 Å². The number of nitrogens with zero attached hydrogens (tertiary/aromatic N) is 1. The van der Waals surface area contributed by atoms with Crippen LogP contribution in [0.25, 0.3) is 0 Å². The first kappa shape index (κ1) is 13.4. The van der Waals surface area contributed by atoms with Gasteiger partial charge in [-0.15, -0.1) is 0 Å². The van der Waals surface area contributed by atoms with E-state index in [2.05, 4.69) is 0 Å². The Morgan fingerprint density at radius 3 is 2.74 bits per heavy atom. The average molecular weight is 264 g/mol. The van der Waals surface area contributed by atoms with Crippen LogP contribution >= 0.6 is 0 Å². The van der Waals surface area contributed by atoms with Gasteiger partial charge in [-0.05, 0) is 24.6 Å². The zero-order valence-electron chi connectivity index (χ0n) is 10.6. The molecular formula is C13H16N2O4. The highest BCUT2D eigenvalue weighted by Gasteiger charge is 2.27. The second-order valence-electron chi connectivity index (χ2n) is 4.54. The Morgan fingerprint density at radius 1 is 1.47 bits per heavy atom. The molecule has 6 heteroatoms. The predicted molar refractivity (Wildman–Crippen MR) is 70.1 cm³/mol. The van der Waals surface area contributed by atoms with Crippen LogP contribution in [-0.2, 0) is 9.53 Å². The number of carboxylic acids is 1. The molecule has 0 aromatic heterocycles. The molecule has 1 fully saturated rings. The zero-order valence-corrected chi connectivity index (χ0v) is 10.6. The summed E-state index contributed by atoms with van der Waals surface area (Å²) in [5.74, 6) is -1.26. The van der Waals surface area contributed by atoms with Gasteiger partial charge in [-0.25, -0.2) is 4.79 Å². The molecule has 1 amide bonds. The van der Waals surface area contributed by atoms with Crippen molar-refractivity contribution in [3.05, 3.63) is 23.8 Å². The molecule has 1 atom stereocenters. The number of nitrogens with two attached hydrogens (primary N) is 1. The molecular weight excluding hydrogens is 248 g/mol. The number of carbonyl (C=O) groups is 2. The van der Waals surface area contributed by atoms with Gasteiger partial charge in [0.25, 0.3) is 0 Å². The molecule has 1 aliphatic heterocycles. The molecule has 1 aliphatic rings. The Kier molecular flexibility index (Phi) is 3.71. The summed E-state index contributed by atoms with van der Waals surface area (Å²) < 4.78 is 5.19. The van der Waals surface area contributed by atoms with E-state index in [1.807, 2.05) is 0 Å². The molecule has 1 unspecified atom stereocenters. The van der Waals surface area contributed by atoms with Gasteiger partial charge >= 0.3 is 5.97 Å². The fourth-order valence-corrected chi connectivity index (χ4v) is 2.11. The molecule has 0 spiro atoms. The van der Waals surface area contributed by atoms with Crippen LogP contribution in [0.1, 0.15) is 16.8 Å². The molecule has 1 aromatic carbocycles. The lowest BCUT2D eigenvalue weighted by atomic mass is 10.1. The maximum Gasteiger partial charge on any atom is 0.335 e. The lowest BCUT2D eigenvalue weighted by Gasteiger charge is -2.22. The van der Waals surface area contributed by atoms with E-state index >= 15 is 0 Å². The minimum Gasteiger partial charge on any atom is -0.478 e. The maximum absolute atomic E-state index is 12.2. The third kappa shape index (κ3) is 2.68. The summed E-state index contributed by atoms with van der Waals surface area (Å²) in [4.78, 5) is 24.5. The Hall–Kier alpha value is -2.08. The van der Waals surface area contributed by atoms with Crippen LogP contribution in [0.4, 0.5) is 11.4 Å². The number of amides is 1. The van der Waals surface area contributed by atoms with Gasteiger partial charge in [0.15, 0.2) is 0 Å². The highest BCUT2D eigenvalue weighted by molar-refractivity contribution is 5.99. The molecule has 1 saturated heterocycles. The van der Waals surface area contributed by atoms with E-state index in [1.165, 1.54) is 17.0 Å². The molecule has 6 nitrogen and oxygen atoms in total. The van der Waals surface area contributed by atoms with E-state index in [1.54, 1.807) is 13.1 Å². The lowest BCUT2D eigenvalue weighted by Crippen LogP contribution is -2.33. The molecule has 0 bridgehead atoms. The summed E-state index contributed by atoms with van der Waals surface area (Å²) in [6, 6.07) is 4.34. The number of benzene rings is 1. The van der Waals surface area contributed by atoms with E-state index in [-0.39, 0.29) is 23.1 Å². The van der Waals surface area contributed by atoms with Crippen molar-refractivity contribution in [2.24, 2.45) is 5.92 Å². The van der Waals surface area contributed by atoms with Gasteiger partial charge < -0.3 is 20.5 Å². The summed E-state index contributed by atoms with van der Waals surface area (Å²) >= 11 is 0. The molecule has 1 aromatic rings. The quantitative estimate of drug-likeness (QED) is 0.793. The minimum absolute atomic E-state index is 0.0627. The Morgan fingerprint density at radius 2 is 2.21 bits per heavy atom. The third-order valence-corrected chi connectivity index (χ3v) is 3.25. The fourth-order valence-electron chi connectivity index (χ4n) is 2.11. The summed E-state index contributed by atoms with van der Waals surface area (Å²) in [5.41, 5.74) is 6.70. The van der Waals surface area contributed by atoms with Crippen LogP contribution in [0.15, 0.2) is 18.2 Å². The van der Waals surface area contributed by atoms with Gasteiger partial charge in [-0.2, -0.15) is 0 Å². The SMILES string of the molecule is CN(C(=O)C1CCOC1)c1ccc(C(=O)O)cc1N. The molecule has 102 valence electrons. The van der Waals surface area contributed by atoms with Crippen molar-refractivity contribution in [3.63, 3.8) is 0 Å².